The molecule has 1 saturated heterocycles. The first-order valence-corrected chi connectivity index (χ1v) is 12.6. The Hall–Kier alpha value is -3.78. The molecule has 1 amide bonds. The molecule has 0 bridgehead atoms. The lowest BCUT2D eigenvalue weighted by Crippen LogP contribution is -2.33. The second-order valence-corrected chi connectivity index (χ2v) is 10.0. The molecule has 3 aromatic carbocycles. The van der Waals surface area contributed by atoms with Crippen LogP contribution in [0.3, 0.4) is 0 Å². The number of piperidine rings is 1. The smallest absolute Gasteiger partial charge is 0.293 e. The lowest BCUT2D eigenvalue weighted by Gasteiger charge is -2.31. The quantitative estimate of drug-likeness (QED) is 0.265. The fraction of sp³-hybridized carbons (Fsp3) is 0.259. The van der Waals surface area contributed by atoms with Gasteiger partial charge >= 0.3 is 0 Å². The molecule has 0 atom stereocenters. The number of aromatic nitrogens is 1. The van der Waals surface area contributed by atoms with Crippen LogP contribution in [0.1, 0.15) is 35.7 Å². The van der Waals surface area contributed by atoms with Gasteiger partial charge in [0.1, 0.15) is 10.7 Å². The summed E-state index contributed by atoms with van der Waals surface area (Å²) in [6, 6.07) is 20.7. The number of para-hydroxylation sites is 1. The predicted molar refractivity (Wildman–Crippen MR) is 140 cm³/mol. The van der Waals surface area contributed by atoms with E-state index in [2.05, 4.69) is 23.3 Å². The van der Waals surface area contributed by atoms with Crippen molar-refractivity contribution in [2.24, 2.45) is 5.92 Å². The number of nitro groups is 1. The van der Waals surface area contributed by atoms with Crippen LogP contribution in [0, 0.1) is 16.0 Å². The van der Waals surface area contributed by atoms with Crippen molar-refractivity contribution in [1.82, 2.24) is 10.3 Å². The second-order valence-electron chi connectivity index (χ2n) is 9.00. The summed E-state index contributed by atoms with van der Waals surface area (Å²) < 4.78 is 1.15. The topological polar surface area (TPSA) is 88.4 Å². The molecule has 0 radical (unpaired) electrons. The highest BCUT2D eigenvalue weighted by molar-refractivity contribution is 7.21. The fourth-order valence-corrected chi connectivity index (χ4v) is 5.34. The summed E-state index contributed by atoms with van der Waals surface area (Å²) in [6.45, 7) is 4.12. The fourth-order valence-electron chi connectivity index (χ4n) is 4.37. The third-order valence-electron chi connectivity index (χ3n) is 6.51. The van der Waals surface area contributed by atoms with Gasteiger partial charge in [0.05, 0.1) is 15.1 Å². The summed E-state index contributed by atoms with van der Waals surface area (Å²) in [5.41, 5.74) is 3.81. The molecule has 1 aliphatic rings. The minimum absolute atomic E-state index is 0.0209. The zero-order chi connectivity index (χ0) is 24.4. The molecule has 1 aromatic heterocycles. The maximum Gasteiger partial charge on any atom is 0.293 e. The summed E-state index contributed by atoms with van der Waals surface area (Å²) in [6.07, 6.45) is 2.02. The number of carbonyl (C=O) groups is 1. The van der Waals surface area contributed by atoms with Crippen molar-refractivity contribution in [2.75, 3.05) is 18.0 Å². The molecular weight excluding hydrogens is 460 g/mol. The molecule has 1 fully saturated rings. The van der Waals surface area contributed by atoms with Crippen LogP contribution in [-0.2, 0) is 6.54 Å². The van der Waals surface area contributed by atoms with Gasteiger partial charge in [-0.1, -0.05) is 43.3 Å². The second kappa shape index (κ2) is 9.84. The van der Waals surface area contributed by atoms with Gasteiger partial charge in [-0.25, -0.2) is 4.98 Å². The number of benzene rings is 3. The number of amides is 1. The van der Waals surface area contributed by atoms with Crippen LogP contribution in [0.25, 0.3) is 20.8 Å². The van der Waals surface area contributed by atoms with Gasteiger partial charge in [-0.3, -0.25) is 14.9 Å². The first-order chi connectivity index (χ1) is 17.0. The van der Waals surface area contributed by atoms with Crippen LogP contribution in [0.2, 0.25) is 0 Å². The number of nitrogens with zero attached hydrogens (tertiary/aromatic N) is 3. The summed E-state index contributed by atoms with van der Waals surface area (Å²) in [5.74, 6) is 0.299. The Morgan fingerprint density at radius 3 is 2.57 bits per heavy atom. The first kappa shape index (κ1) is 23.0. The van der Waals surface area contributed by atoms with Crippen LogP contribution < -0.4 is 10.2 Å². The predicted octanol–water partition coefficient (Wildman–Crippen LogP) is 6.04. The van der Waals surface area contributed by atoms with Crippen LogP contribution >= 0.6 is 11.3 Å². The molecule has 1 N–H and O–H groups in total. The maximum absolute atomic E-state index is 12.8. The molecule has 0 unspecified atom stereocenters. The van der Waals surface area contributed by atoms with Gasteiger partial charge < -0.3 is 10.2 Å². The molecule has 178 valence electrons. The van der Waals surface area contributed by atoms with E-state index in [9.17, 15) is 14.9 Å². The van der Waals surface area contributed by atoms with Gasteiger partial charge in [0.15, 0.2) is 0 Å². The number of rotatable bonds is 6. The number of hydrogen-bond acceptors (Lipinski definition) is 6. The number of fused-ring (bicyclic) bond motifs is 1. The Morgan fingerprint density at radius 1 is 1.11 bits per heavy atom. The van der Waals surface area contributed by atoms with Crippen molar-refractivity contribution in [3.8, 4) is 10.6 Å². The molecule has 4 aromatic rings. The summed E-state index contributed by atoms with van der Waals surface area (Å²) in [5, 5.41) is 15.6. The van der Waals surface area contributed by atoms with E-state index in [1.807, 2.05) is 47.4 Å². The normalized spacial score (nSPS) is 14.3. The molecule has 35 heavy (non-hydrogen) atoms. The first-order valence-electron chi connectivity index (χ1n) is 11.7. The van der Waals surface area contributed by atoms with Crippen LogP contribution in [-0.4, -0.2) is 28.9 Å². The number of carbonyl (C=O) groups excluding carboxylic acids is 1. The van der Waals surface area contributed by atoms with Gasteiger partial charge in [0.25, 0.3) is 11.6 Å². The molecule has 8 heteroatoms. The zero-order valence-electron chi connectivity index (χ0n) is 19.4. The van der Waals surface area contributed by atoms with Gasteiger partial charge in [0, 0.05) is 36.8 Å². The third-order valence-corrected chi connectivity index (χ3v) is 7.59. The van der Waals surface area contributed by atoms with Crippen LogP contribution in [0.5, 0.6) is 0 Å². The minimum atomic E-state index is -0.398. The Kier molecular flexibility index (Phi) is 6.46. The molecule has 2 heterocycles. The molecule has 7 nitrogen and oxygen atoms in total. The van der Waals surface area contributed by atoms with Gasteiger partial charge in [-0.2, -0.15) is 0 Å². The minimum Gasteiger partial charge on any atom is -0.366 e. The zero-order valence-corrected chi connectivity index (χ0v) is 20.3. The van der Waals surface area contributed by atoms with E-state index < -0.39 is 4.92 Å². The number of nitrogens with one attached hydrogen (secondary N) is 1. The van der Waals surface area contributed by atoms with Crippen molar-refractivity contribution >= 4 is 38.8 Å². The van der Waals surface area contributed by atoms with E-state index in [4.69, 9.17) is 0 Å². The maximum atomic E-state index is 12.8. The molecular formula is C27H26N4O3S. The standard InChI is InChI=1S/C27H26N4O3S/c1-18-12-14-30(15-13-18)23-11-10-21(16-24(23)31(33)34)26(32)28-17-19-6-8-20(9-7-19)27-29-22-4-2-3-5-25(22)35-27/h2-11,16,18H,12-15,17H2,1H3,(H,28,32). The number of nitro benzene ring substituents is 1. The Labute approximate surface area is 207 Å². The van der Waals surface area contributed by atoms with E-state index in [-0.39, 0.29) is 17.2 Å². The van der Waals surface area contributed by atoms with Gasteiger partial charge in [-0.15, -0.1) is 11.3 Å². The van der Waals surface area contributed by atoms with E-state index in [0.717, 1.165) is 52.3 Å². The van der Waals surface area contributed by atoms with Crippen molar-refractivity contribution in [3.63, 3.8) is 0 Å². The number of hydrogen-bond donors (Lipinski definition) is 1. The summed E-state index contributed by atoms with van der Waals surface area (Å²) in [7, 11) is 0. The van der Waals surface area contributed by atoms with E-state index in [1.54, 1.807) is 23.5 Å². The van der Waals surface area contributed by atoms with E-state index in [1.165, 1.54) is 6.07 Å². The number of thiazole rings is 1. The lowest BCUT2D eigenvalue weighted by molar-refractivity contribution is -0.384. The Bertz CT molecular complexity index is 1340. The Morgan fingerprint density at radius 2 is 1.86 bits per heavy atom. The molecule has 0 spiro atoms. The largest absolute Gasteiger partial charge is 0.366 e. The summed E-state index contributed by atoms with van der Waals surface area (Å²) >= 11 is 1.65. The SMILES string of the molecule is CC1CCN(c2ccc(C(=O)NCc3ccc(-c4nc5ccccc5s4)cc3)cc2[N+](=O)[O-])CC1. The third kappa shape index (κ3) is 5.02. The highest BCUT2D eigenvalue weighted by Gasteiger charge is 2.24. The molecule has 0 saturated carbocycles. The molecule has 0 aliphatic carbocycles. The Balaban J connectivity index is 1.25. The average Bonchev–Trinajstić information content (AvgIpc) is 3.32. The van der Waals surface area contributed by atoms with Crippen LogP contribution in [0.15, 0.2) is 66.7 Å². The van der Waals surface area contributed by atoms with E-state index in [0.29, 0.717) is 18.2 Å². The number of anilines is 1. The van der Waals surface area contributed by atoms with Crippen molar-refractivity contribution in [1.29, 1.82) is 0 Å². The average molecular weight is 487 g/mol. The van der Waals surface area contributed by atoms with Gasteiger partial charge in [0.2, 0.25) is 0 Å². The molecule has 5 rings (SSSR count). The highest BCUT2D eigenvalue weighted by Crippen LogP contribution is 2.33. The van der Waals surface area contributed by atoms with Gasteiger partial charge in [-0.05, 0) is 48.6 Å². The van der Waals surface area contributed by atoms with E-state index >= 15 is 0 Å². The monoisotopic (exact) mass is 486 g/mol. The highest BCUT2D eigenvalue weighted by atomic mass is 32.1. The molecule has 1 aliphatic heterocycles. The van der Waals surface area contributed by atoms with Crippen molar-refractivity contribution in [2.45, 2.75) is 26.3 Å². The van der Waals surface area contributed by atoms with Crippen LogP contribution in [0.4, 0.5) is 11.4 Å². The summed E-state index contributed by atoms with van der Waals surface area (Å²) in [4.78, 5) is 30.8. The van der Waals surface area contributed by atoms with Crippen molar-refractivity contribution < 1.29 is 9.72 Å². The lowest BCUT2D eigenvalue weighted by atomic mass is 9.98. The van der Waals surface area contributed by atoms with Crippen molar-refractivity contribution in [3.05, 3.63) is 88.0 Å².